The summed E-state index contributed by atoms with van der Waals surface area (Å²) < 4.78 is 5.95. The molecule has 0 atom stereocenters. The number of benzene rings is 2. The van der Waals surface area contributed by atoms with Crippen LogP contribution in [0.4, 0.5) is 0 Å². The second-order valence-electron chi connectivity index (χ2n) is 4.61. The van der Waals surface area contributed by atoms with Crippen LogP contribution in [0, 0.1) is 0 Å². The van der Waals surface area contributed by atoms with Crippen molar-refractivity contribution in [1.82, 2.24) is 4.98 Å². The summed E-state index contributed by atoms with van der Waals surface area (Å²) in [6.45, 7) is 0.662. The highest BCUT2D eigenvalue weighted by molar-refractivity contribution is 5.84. The number of aromatic nitrogens is 1. The molecule has 3 rings (SSSR count). The van der Waals surface area contributed by atoms with Gasteiger partial charge in [-0.2, -0.15) is 0 Å². The molecule has 3 aromatic rings. The summed E-state index contributed by atoms with van der Waals surface area (Å²) in [5.41, 5.74) is 7.70. The van der Waals surface area contributed by atoms with E-state index in [4.69, 9.17) is 10.5 Å². The Labute approximate surface area is 118 Å². The van der Waals surface area contributed by atoms with Crippen molar-refractivity contribution in [3.63, 3.8) is 0 Å². The Kier molecular flexibility index (Phi) is 3.61. The van der Waals surface area contributed by atoms with Gasteiger partial charge in [0, 0.05) is 11.6 Å². The maximum atomic E-state index is 5.95. The molecule has 0 saturated heterocycles. The van der Waals surface area contributed by atoms with Gasteiger partial charge in [0.25, 0.3) is 0 Å². The molecule has 0 amide bonds. The summed E-state index contributed by atoms with van der Waals surface area (Å²) >= 11 is 0. The molecule has 0 aliphatic carbocycles. The number of nitrogens with zero attached hydrogens (tertiary/aromatic N) is 1. The van der Waals surface area contributed by atoms with Crippen LogP contribution in [0.1, 0.15) is 5.56 Å². The Morgan fingerprint density at radius 1 is 0.950 bits per heavy atom. The van der Waals surface area contributed by atoms with Gasteiger partial charge in [-0.25, -0.2) is 0 Å². The van der Waals surface area contributed by atoms with Crippen LogP contribution in [-0.4, -0.2) is 11.5 Å². The van der Waals surface area contributed by atoms with E-state index in [9.17, 15) is 0 Å². The zero-order valence-corrected chi connectivity index (χ0v) is 11.1. The molecule has 0 aliphatic heterocycles. The number of pyridine rings is 1. The number of nitrogens with two attached hydrogens (primary N) is 1. The van der Waals surface area contributed by atoms with E-state index in [2.05, 4.69) is 4.98 Å². The van der Waals surface area contributed by atoms with E-state index in [1.54, 1.807) is 6.20 Å². The largest absolute Gasteiger partial charge is 0.457 e. The Hall–Kier alpha value is -2.39. The average Bonchev–Trinajstić information content (AvgIpc) is 2.50. The summed E-state index contributed by atoms with van der Waals surface area (Å²) in [5.74, 6) is 1.64. The maximum Gasteiger partial charge on any atom is 0.138 e. The fourth-order valence-electron chi connectivity index (χ4n) is 2.18. The number of rotatable bonds is 4. The highest BCUT2D eigenvalue weighted by Crippen LogP contribution is 2.28. The Morgan fingerprint density at radius 3 is 2.55 bits per heavy atom. The number of para-hydroxylation sites is 1. The highest BCUT2D eigenvalue weighted by atomic mass is 16.5. The molecule has 0 radical (unpaired) electrons. The van der Waals surface area contributed by atoms with Crippen LogP contribution in [0.3, 0.4) is 0 Å². The van der Waals surface area contributed by atoms with E-state index >= 15 is 0 Å². The molecule has 1 heterocycles. The first-order chi connectivity index (χ1) is 9.86. The summed E-state index contributed by atoms with van der Waals surface area (Å²) in [4.78, 5) is 4.33. The maximum absolute atomic E-state index is 5.95. The first-order valence-electron chi connectivity index (χ1n) is 6.67. The van der Waals surface area contributed by atoms with E-state index in [1.165, 1.54) is 5.56 Å². The van der Waals surface area contributed by atoms with Crippen LogP contribution in [0.15, 0.2) is 60.8 Å². The number of fused-ring (bicyclic) bond motifs is 1. The number of hydrogen-bond donors (Lipinski definition) is 1. The van der Waals surface area contributed by atoms with E-state index in [0.29, 0.717) is 6.54 Å². The molecular formula is C17H16N2O. The van der Waals surface area contributed by atoms with Gasteiger partial charge in [-0.1, -0.05) is 24.3 Å². The summed E-state index contributed by atoms with van der Waals surface area (Å²) in [5, 5.41) is 1.01. The zero-order chi connectivity index (χ0) is 13.8. The van der Waals surface area contributed by atoms with Crippen molar-refractivity contribution < 1.29 is 4.74 Å². The van der Waals surface area contributed by atoms with E-state index in [0.717, 1.165) is 28.8 Å². The second-order valence-corrected chi connectivity index (χ2v) is 4.61. The molecule has 100 valence electrons. The lowest BCUT2D eigenvalue weighted by molar-refractivity contribution is 0.487. The first-order valence-corrected chi connectivity index (χ1v) is 6.67. The van der Waals surface area contributed by atoms with Crippen LogP contribution < -0.4 is 10.5 Å². The molecule has 0 bridgehead atoms. The average molecular weight is 264 g/mol. The lowest BCUT2D eigenvalue weighted by Crippen LogP contribution is -2.02. The van der Waals surface area contributed by atoms with Gasteiger partial charge >= 0.3 is 0 Å². The van der Waals surface area contributed by atoms with Gasteiger partial charge in [-0.05, 0) is 48.9 Å². The topological polar surface area (TPSA) is 48.1 Å². The Bertz CT molecular complexity index is 702. The van der Waals surface area contributed by atoms with Gasteiger partial charge in [0.1, 0.15) is 11.5 Å². The molecule has 0 aliphatic rings. The molecule has 3 heteroatoms. The molecular weight excluding hydrogens is 248 g/mol. The quantitative estimate of drug-likeness (QED) is 0.784. The minimum Gasteiger partial charge on any atom is -0.457 e. The van der Waals surface area contributed by atoms with E-state index < -0.39 is 0 Å². The van der Waals surface area contributed by atoms with E-state index in [-0.39, 0.29) is 0 Å². The van der Waals surface area contributed by atoms with Crippen LogP contribution >= 0.6 is 0 Å². The molecule has 0 unspecified atom stereocenters. The first kappa shape index (κ1) is 12.6. The predicted octanol–water partition coefficient (Wildman–Crippen LogP) is 3.53. The zero-order valence-electron chi connectivity index (χ0n) is 11.1. The third kappa shape index (κ3) is 2.63. The standard InChI is InChI=1S/C17H16N2O/c18-11-9-13-5-7-14(8-6-13)20-17-10-12-19-16-4-2-1-3-15(16)17/h1-8,10,12H,9,11,18H2. The second kappa shape index (κ2) is 5.72. The van der Waals surface area contributed by atoms with Gasteiger partial charge in [0.2, 0.25) is 0 Å². The van der Waals surface area contributed by atoms with Gasteiger partial charge in [0.15, 0.2) is 0 Å². The summed E-state index contributed by atoms with van der Waals surface area (Å²) in [6.07, 6.45) is 2.65. The lowest BCUT2D eigenvalue weighted by Gasteiger charge is -2.09. The molecule has 0 spiro atoms. The fourth-order valence-corrected chi connectivity index (χ4v) is 2.18. The molecule has 3 nitrogen and oxygen atoms in total. The van der Waals surface area contributed by atoms with Gasteiger partial charge < -0.3 is 10.5 Å². The Morgan fingerprint density at radius 2 is 1.75 bits per heavy atom. The van der Waals surface area contributed by atoms with Crippen LogP contribution in [0.2, 0.25) is 0 Å². The van der Waals surface area contributed by atoms with Crippen molar-refractivity contribution in [3.8, 4) is 11.5 Å². The molecule has 20 heavy (non-hydrogen) atoms. The van der Waals surface area contributed by atoms with Crippen molar-refractivity contribution in [2.45, 2.75) is 6.42 Å². The molecule has 1 aromatic heterocycles. The van der Waals surface area contributed by atoms with Crippen molar-refractivity contribution >= 4 is 10.9 Å². The van der Waals surface area contributed by atoms with Crippen molar-refractivity contribution in [2.24, 2.45) is 5.73 Å². The SMILES string of the molecule is NCCc1ccc(Oc2ccnc3ccccc23)cc1. The van der Waals surface area contributed by atoms with Crippen molar-refractivity contribution in [1.29, 1.82) is 0 Å². The van der Waals surface area contributed by atoms with Crippen LogP contribution in [-0.2, 0) is 6.42 Å². The molecule has 0 fully saturated rings. The van der Waals surface area contributed by atoms with Crippen molar-refractivity contribution in [2.75, 3.05) is 6.54 Å². The highest BCUT2D eigenvalue weighted by Gasteiger charge is 2.03. The third-order valence-electron chi connectivity index (χ3n) is 3.19. The van der Waals surface area contributed by atoms with Crippen molar-refractivity contribution in [3.05, 3.63) is 66.4 Å². The Balaban J connectivity index is 1.89. The van der Waals surface area contributed by atoms with Gasteiger partial charge in [0.05, 0.1) is 5.52 Å². The minimum absolute atomic E-state index is 0.662. The number of ether oxygens (including phenoxy) is 1. The molecule has 0 saturated carbocycles. The monoisotopic (exact) mass is 264 g/mol. The number of hydrogen-bond acceptors (Lipinski definition) is 3. The normalized spacial score (nSPS) is 10.7. The van der Waals surface area contributed by atoms with Gasteiger partial charge in [-0.15, -0.1) is 0 Å². The molecule has 2 aromatic carbocycles. The molecule has 2 N–H and O–H groups in total. The lowest BCUT2D eigenvalue weighted by atomic mass is 10.1. The minimum atomic E-state index is 0.662. The fraction of sp³-hybridized carbons (Fsp3) is 0.118. The van der Waals surface area contributed by atoms with E-state index in [1.807, 2.05) is 54.6 Å². The van der Waals surface area contributed by atoms with Crippen LogP contribution in [0.25, 0.3) is 10.9 Å². The smallest absolute Gasteiger partial charge is 0.138 e. The van der Waals surface area contributed by atoms with Gasteiger partial charge in [-0.3, -0.25) is 4.98 Å². The van der Waals surface area contributed by atoms with Crippen LogP contribution in [0.5, 0.6) is 11.5 Å². The predicted molar refractivity (Wildman–Crippen MR) is 81.0 cm³/mol. The third-order valence-corrected chi connectivity index (χ3v) is 3.19. The summed E-state index contributed by atoms with van der Waals surface area (Å²) in [7, 11) is 0. The summed E-state index contributed by atoms with van der Waals surface area (Å²) in [6, 6.07) is 17.9.